The van der Waals surface area contributed by atoms with E-state index in [0.717, 1.165) is 76.9 Å². The summed E-state index contributed by atoms with van der Waals surface area (Å²) in [4.78, 5) is 0. The highest BCUT2D eigenvalue weighted by atomic mass is 16.3. The minimum absolute atomic E-state index is 0.187. The fraction of sp³-hybridized carbons (Fsp3) is 0. The average molecular weight is 578 g/mol. The van der Waals surface area contributed by atoms with Crippen LogP contribution in [0.3, 0.4) is 0 Å². The largest absolute Gasteiger partial charge is 0.455 e. The normalized spacial score (nSPS) is 13.1. The lowest BCUT2D eigenvalue weighted by Crippen LogP contribution is -1.93. The van der Waals surface area contributed by atoms with Crippen molar-refractivity contribution in [3.8, 4) is 44.5 Å². The predicted octanol–water partition coefficient (Wildman–Crippen LogP) is 12.6. The second-order valence-electron chi connectivity index (χ2n) is 11.2. The molecule has 0 aliphatic heterocycles. The Kier molecular flexibility index (Phi) is 4.81. The zero-order valence-corrected chi connectivity index (χ0v) is 24.2. The van der Waals surface area contributed by atoms with E-state index in [0.29, 0.717) is 5.56 Å². The summed E-state index contributed by atoms with van der Waals surface area (Å²) in [5, 5.41) is 6.15. The Hall–Kier alpha value is -5.92. The van der Waals surface area contributed by atoms with E-state index in [4.69, 9.17) is 11.3 Å². The lowest BCUT2D eigenvalue weighted by molar-refractivity contribution is 0.670. The van der Waals surface area contributed by atoms with Gasteiger partial charge in [-0.05, 0) is 72.6 Å². The van der Waals surface area contributed by atoms with E-state index in [2.05, 4.69) is 66.7 Å². The Morgan fingerprint density at radius 3 is 1.56 bits per heavy atom. The van der Waals surface area contributed by atoms with Gasteiger partial charge >= 0.3 is 0 Å². The van der Waals surface area contributed by atoms with Gasteiger partial charge in [0.05, 0.1) is 6.85 Å². The molecule has 9 aromatic rings. The van der Waals surface area contributed by atoms with Gasteiger partial charge in [-0.2, -0.15) is 0 Å². The number of benzene rings is 8. The molecule has 9 rings (SSSR count). The third-order valence-electron chi connectivity index (χ3n) is 8.78. The van der Waals surface area contributed by atoms with Gasteiger partial charge in [0.25, 0.3) is 0 Å². The molecule has 1 heteroatoms. The van der Waals surface area contributed by atoms with Crippen LogP contribution in [-0.2, 0) is 0 Å². The topological polar surface area (TPSA) is 13.1 Å². The van der Waals surface area contributed by atoms with Gasteiger partial charge in [0.1, 0.15) is 11.2 Å². The molecule has 8 aromatic carbocycles. The Balaban J connectivity index is 1.41. The van der Waals surface area contributed by atoms with E-state index >= 15 is 0 Å². The summed E-state index contributed by atoms with van der Waals surface area (Å²) >= 11 is 0. The summed E-state index contributed by atoms with van der Waals surface area (Å²) < 4.78 is 49.3. The van der Waals surface area contributed by atoms with E-state index < -0.39 is 6.04 Å². The molecular formula is C44H28O. The maximum atomic E-state index is 8.83. The minimum atomic E-state index is -0.405. The van der Waals surface area contributed by atoms with Crippen LogP contribution in [0.2, 0.25) is 0 Å². The molecule has 0 amide bonds. The van der Waals surface area contributed by atoms with Crippen LogP contribution in [0, 0.1) is 0 Å². The van der Waals surface area contributed by atoms with Crippen molar-refractivity contribution in [1.29, 1.82) is 0 Å². The van der Waals surface area contributed by atoms with Crippen molar-refractivity contribution < 1.29 is 11.3 Å². The zero-order chi connectivity index (χ0) is 34.1. The van der Waals surface area contributed by atoms with Crippen molar-refractivity contribution >= 4 is 43.5 Å². The number of fused-ring (bicyclic) bond motifs is 5. The van der Waals surface area contributed by atoms with Crippen LogP contribution >= 0.6 is 0 Å². The molecule has 1 aromatic heterocycles. The first-order valence-electron chi connectivity index (χ1n) is 17.5. The van der Waals surface area contributed by atoms with E-state index in [1.807, 2.05) is 72.8 Å². The van der Waals surface area contributed by atoms with Crippen molar-refractivity contribution in [2.24, 2.45) is 0 Å². The zero-order valence-electron chi connectivity index (χ0n) is 29.2. The third-order valence-corrected chi connectivity index (χ3v) is 8.78. The van der Waals surface area contributed by atoms with Crippen LogP contribution in [0.15, 0.2) is 174 Å². The number of hydrogen-bond acceptors (Lipinski definition) is 1. The third kappa shape index (κ3) is 4.02. The second-order valence-corrected chi connectivity index (χ2v) is 11.2. The Labute approximate surface area is 268 Å². The second kappa shape index (κ2) is 10.4. The van der Waals surface area contributed by atoms with E-state index in [1.54, 1.807) is 0 Å². The van der Waals surface area contributed by atoms with E-state index in [9.17, 15) is 0 Å². The molecule has 1 nitrogen and oxygen atoms in total. The fourth-order valence-corrected chi connectivity index (χ4v) is 6.89. The van der Waals surface area contributed by atoms with Gasteiger partial charge in [0, 0.05) is 16.3 Å². The van der Waals surface area contributed by atoms with Gasteiger partial charge in [-0.3, -0.25) is 0 Å². The molecule has 0 radical (unpaired) electrons. The molecule has 0 fully saturated rings. The first kappa shape index (κ1) is 20.9. The number of rotatable bonds is 4. The number of hydrogen-bond donors (Lipinski definition) is 0. The maximum absolute atomic E-state index is 8.83. The molecule has 0 aliphatic carbocycles. The highest BCUT2D eigenvalue weighted by molar-refractivity contribution is 6.27. The molecular weight excluding hydrogens is 544 g/mol. The summed E-state index contributed by atoms with van der Waals surface area (Å²) in [5.41, 5.74) is 8.41. The van der Waals surface area contributed by atoms with Gasteiger partial charge in [-0.15, -0.1) is 0 Å². The summed E-state index contributed by atoms with van der Waals surface area (Å²) in [6.45, 7) is 0. The molecule has 0 aliphatic rings. The predicted molar refractivity (Wildman–Crippen MR) is 190 cm³/mol. The molecule has 0 atom stereocenters. The van der Waals surface area contributed by atoms with Crippen molar-refractivity contribution in [2.75, 3.05) is 0 Å². The first-order chi connectivity index (χ1) is 24.4. The Bertz CT molecular complexity index is 2730. The summed E-state index contributed by atoms with van der Waals surface area (Å²) in [6.07, 6.45) is 0. The van der Waals surface area contributed by atoms with Crippen LogP contribution in [0.4, 0.5) is 0 Å². The average Bonchev–Trinajstić information content (AvgIpc) is 3.56. The quantitative estimate of drug-likeness (QED) is 0.190. The van der Waals surface area contributed by atoms with Crippen molar-refractivity contribution in [1.82, 2.24) is 0 Å². The number of para-hydroxylation sites is 1. The van der Waals surface area contributed by atoms with E-state index in [-0.39, 0.29) is 29.7 Å². The molecule has 45 heavy (non-hydrogen) atoms. The Morgan fingerprint density at radius 1 is 0.378 bits per heavy atom. The van der Waals surface area contributed by atoms with Crippen LogP contribution in [-0.4, -0.2) is 0 Å². The van der Waals surface area contributed by atoms with Gasteiger partial charge in [0.15, 0.2) is 0 Å². The standard InChI is InChI=1S/C44H28O/c1-3-15-29(16-4-1)31-19-7-8-20-33(31)41-34-21-9-11-23-36(34)42(37-24-12-10-22-35(37)41)39-28-27-32(30-17-5-2-6-18-30)44-43(39)38-25-13-14-26-40(38)45-44/h1-28H/i1D,3D,4D,15D,16D. The fourth-order valence-electron chi connectivity index (χ4n) is 6.89. The first-order valence-corrected chi connectivity index (χ1v) is 15.0. The highest BCUT2D eigenvalue weighted by Gasteiger charge is 2.22. The van der Waals surface area contributed by atoms with Crippen LogP contribution in [0.5, 0.6) is 0 Å². The van der Waals surface area contributed by atoms with Crippen LogP contribution < -0.4 is 0 Å². The summed E-state index contributed by atoms with van der Waals surface area (Å²) in [6, 6.07) is 45.6. The molecule has 0 bridgehead atoms. The van der Waals surface area contributed by atoms with Gasteiger partial charge in [-0.1, -0.05) is 158 Å². The van der Waals surface area contributed by atoms with Crippen LogP contribution in [0.25, 0.3) is 88.0 Å². The monoisotopic (exact) mass is 577 g/mol. The molecule has 0 N–H and O–H groups in total. The summed E-state index contributed by atoms with van der Waals surface area (Å²) in [7, 11) is 0. The van der Waals surface area contributed by atoms with Crippen molar-refractivity contribution in [3.63, 3.8) is 0 Å². The Morgan fingerprint density at radius 2 is 0.889 bits per heavy atom. The molecule has 0 unspecified atom stereocenters. The van der Waals surface area contributed by atoms with Gasteiger partial charge in [0.2, 0.25) is 0 Å². The van der Waals surface area contributed by atoms with Crippen molar-refractivity contribution in [3.05, 3.63) is 170 Å². The SMILES string of the molecule is [2H]c1c([2H])c([2H])c(-c2ccccc2-c2c3ccccc3c(-c3ccc(-c4ccccc4)c4oc5ccccc5c34)c3ccccc23)c([2H])c1[2H]. The molecule has 0 saturated heterocycles. The molecule has 0 spiro atoms. The maximum Gasteiger partial charge on any atom is 0.143 e. The van der Waals surface area contributed by atoms with Gasteiger partial charge in [-0.25, -0.2) is 0 Å². The molecule has 1 heterocycles. The van der Waals surface area contributed by atoms with Gasteiger partial charge < -0.3 is 4.42 Å². The van der Waals surface area contributed by atoms with Crippen molar-refractivity contribution in [2.45, 2.75) is 0 Å². The highest BCUT2D eigenvalue weighted by Crippen LogP contribution is 2.49. The molecule has 0 saturated carbocycles. The van der Waals surface area contributed by atoms with E-state index in [1.165, 1.54) is 0 Å². The lowest BCUT2D eigenvalue weighted by atomic mass is 9.83. The minimum Gasteiger partial charge on any atom is -0.455 e. The lowest BCUT2D eigenvalue weighted by Gasteiger charge is -2.20. The summed E-state index contributed by atoms with van der Waals surface area (Å²) in [5.74, 6) is 0. The smallest absolute Gasteiger partial charge is 0.143 e. The van der Waals surface area contributed by atoms with Crippen LogP contribution in [0.1, 0.15) is 6.85 Å². The molecule has 210 valence electrons. The number of furan rings is 1.